The lowest BCUT2D eigenvalue weighted by Crippen LogP contribution is -2.34. The molecule has 2 N–H and O–H groups in total. The van der Waals surface area contributed by atoms with Gasteiger partial charge in [-0.2, -0.15) is 0 Å². The van der Waals surface area contributed by atoms with Crippen LogP contribution in [0.15, 0.2) is 51.8 Å². The molecule has 0 spiro atoms. The van der Waals surface area contributed by atoms with Crippen LogP contribution in [0.1, 0.15) is 21.5 Å². The van der Waals surface area contributed by atoms with E-state index in [1.165, 1.54) is 0 Å². The van der Waals surface area contributed by atoms with Crippen LogP contribution >= 0.6 is 15.9 Å². The Morgan fingerprint density at radius 1 is 1.04 bits per heavy atom. The summed E-state index contributed by atoms with van der Waals surface area (Å²) in [5.74, 6) is -0.257. The summed E-state index contributed by atoms with van der Waals surface area (Å²) in [7, 11) is -3.58. The smallest absolute Gasteiger partial charge is 0.252 e. The number of carbonyl (C=O) groups is 1. The van der Waals surface area contributed by atoms with E-state index in [0.29, 0.717) is 10.0 Å². The fourth-order valence-corrected chi connectivity index (χ4v) is 3.65. The van der Waals surface area contributed by atoms with Crippen molar-refractivity contribution >= 4 is 31.9 Å². The molecule has 1 amide bonds. The van der Waals surface area contributed by atoms with Gasteiger partial charge in [0.1, 0.15) is 0 Å². The molecule has 24 heavy (non-hydrogen) atoms. The number of amides is 1. The zero-order chi connectivity index (χ0) is 17.7. The molecule has 0 radical (unpaired) electrons. The molecule has 0 saturated carbocycles. The summed E-state index contributed by atoms with van der Waals surface area (Å²) in [5.41, 5.74) is 2.46. The largest absolute Gasteiger partial charge is 0.351 e. The van der Waals surface area contributed by atoms with Crippen molar-refractivity contribution in [2.24, 2.45) is 0 Å². The standard InChI is InChI=1S/C17H19BrN2O3S/c1-12-7-8-14(11-13(12)2)24(22,23)20-10-9-19-17(21)15-5-3-4-6-16(15)18/h3-8,11,20H,9-10H2,1-2H3,(H,19,21). The van der Waals surface area contributed by atoms with E-state index < -0.39 is 10.0 Å². The molecule has 0 aliphatic heterocycles. The van der Waals surface area contributed by atoms with Gasteiger partial charge in [0.25, 0.3) is 5.91 Å². The van der Waals surface area contributed by atoms with Gasteiger partial charge in [-0.25, -0.2) is 13.1 Å². The highest BCUT2D eigenvalue weighted by molar-refractivity contribution is 9.10. The van der Waals surface area contributed by atoms with Gasteiger partial charge in [0.15, 0.2) is 0 Å². The lowest BCUT2D eigenvalue weighted by Gasteiger charge is -2.10. The van der Waals surface area contributed by atoms with Gasteiger partial charge in [0.2, 0.25) is 10.0 Å². The number of rotatable bonds is 6. The third-order valence-electron chi connectivity index (χ3n) is 3.61. The van der Waals surface area contributed by atoms with Crippen molar-refractivity contribution in [1.82, 2.24) is 10.0 Å². The molecule has 2 aromatic rings. The Kier molecular flexibility index (Phi) is 6.15. The van der Waals surface area contributed by atoms with Gasteiger partial charge in [-0.3, -0.25) is 4.79 Å². The zero-order valence-corrected chi connectivity index (χ0v) is 15.9. The molecule has 0 bridgehead atoms. The maximum atomic E-state index is 12.2. The first-order chi connectivity index (χ1) is 11.3. The molecule has 7 heteroatoms. The first-order valence-corrected chi connectivity index (χ1v) is 9.68. The topological polar surface area (TPSA) is 75.3 Å². The lowest BCUT2D eigenvalue weighted by atomic mass is 10.1. The normalized spacial score (nSPS) is 11.3. The summed E-state index contributed by atoms with van der Waals surface area (Å²) in [6.07, 6.45) is 0. The first-order valence-electron chi connectivity index (χ1n) is 7.41. The summed E-state index contributed by atoms with van der Waals surface area (Å²) < 4.78 is 27.6. The summed E-state index contributed by atoms with van der Waals surface area (Å²) in [6, 6.07) is 12.0. The fraction of sp³-hybridized carbons (Fsp3) is 0.235. The Morgan fingerprint density at radius 2 is 1.75 bits per heavy atom. The highest BCUT2D eigenvalue weighted by Crippen LogP contribution is 2.16. The minimum absolute atomic E-state index is 0.117. The SMILES string of the molecule is Cc1ccc(S(=O)(=O)NCCNC(=O)c2ccccc2Br)cc1C. The van der Waals surface area contributed by atoms with Crippen molar-refractivity contribution in [2.75, 3.05) is 13.1 Å². The van der Waals surface area contributed by atoms with E-state index in [9.17, 15) is 13.2 Å². The number of halogens is 1. The Morgan fingerprint density at radius 3 is 2.42 bits per heavy atom. The highest BCUT2D eigenvalue weighted by Gasteiger charge is 2.14. The van der Waals surface area contributed by atoms with Crippen LogP contribution in [0.2, 0.25) is 0 Å². The van der Waals surface area contributed by atoms with Gasteiger partial charge in [0, 0.05) is 17.6 Å². The Labute approximate surface area is 150 Å². The molecule has 2 aromatic carbocycles. The number of hydrogen-bond acceptors (Lipinski definition) is 3. The number of hydrogen-bond donors (Lipinski definition) is 2. The average Bonchev–Trinajstić information content (AvgIpc) is 2.54. The van der Waals surface area contributed by atoms with Crippen LogP contribution < -0.4 is 10.0 Å². The van der Waals surface area contributed by atoms with Gasteiger partial charge in [-0.1, -0.05) is 18.2 Å². The minimum Gasteiger partial charge on any atom is -0.351 e. The third kappa shape index (κ3) is 4.66. The summed E-state index contributed by atoms with van der Waals surface area (Å²) in [6.45, 7) is 4.11. The molecule has 128 valence electrons. The number of benzene rings is 2. The van der Waals surface area contributed by atoms with E-state index in [1.54, 1.807) is 36.4 Å². The van der Waals surface area contributed by atoms with Gasteiger partial charge in [0.05, 0.1) is 10.5 Å². The monoisotopic (exact) mass is 410 g/mol. The summed E-state index contributed by atoms with van der Waals surface area (Å²) in [4.78, 5) is 12.2. The number of aryl methyl sites for hydroxylation is 2. The van der Waals surface area contributed by atoms with Crippen LogP contribution in [0.3, 0.4) is 0 Å². The Balaban J connectivity index is 1.90. The number of carbonyl (C=O) groups excluding carboxylic acids is 1. The second-order valence-electron chi connectivity index (χ2n) is 5.38. The van der Waals surface area contributed by atoms with Crippen molar-refractivity contribution in [1.29, 1.82) is 0 Å². The molecule has 0 aromatic heterocycles. The molecular weight excluding hydrogens is 392 g/mol. The van der Waals surface area contributed by atoms with E-state index in [0.717, 1.165) is 11.1 Å². The molecule has 0 saturated heterocycles. The fourth-order valence-electron chi connectivity index (χ4n) is 2.07. The zero-order valence-electron chi connectivity index (χ0n) is 13.5. The van der Waals surface area contributed by atoms with Gasteiger partial charge in [-0.05, 0) is 65.2 Å². The molecule has 0 aliphatic carbocycles. The maximum absolute atomic E-state index is 12.2. The van der Waals surface area contributed by atoms with Crippen molar-refractivity contribution in [3.05, 3.63) is 63.6 Å². The quantitative estimate of drug-likeness (QED) is 0.718. The predicted octanol–water partition coefficient (Wildman–Crippen LogP) is 2.77. The molecule has 0 atom stereocenters. The average molecular weight is 411 g/mol. The van der Waals surface area contributed by atoms with Gasteiger partial charge < -0.3 is 5.32 Å². The van der Waals surface area contributed by atoms with Crippen LogP contribution in [0, 0.1) is 13.8 Å². The molecule has 5 nitrogen and oxygen atoms in total. The van der Waals surface area contributed by atoms with Crippen molar-refractivity contribution in [3.63, 3.8) is 0 Å². The third-order valence-corrected chi connectivity index (χ3v) is 5.76. The summed E-state index contributed by atoms with van der Waals surface area (Å²) in [5, 5.41) is 2.69. The second-order valence-corrected chi connectivity index (χ2v) is 8.00. The van der Waals surface area contributed by atoms with Gasteiger partial charge >= 0.3 is 0 Å². The number of sulfonamides is 1. The molecule has 0 fully saturated rings. The van der Waals surface area contributed by atoms with Crippen molar-refractivity contribution < 1.29 is 13.2 Å². The van der Waals surface area contributed by atoms with Crippen LogP contribution in [0.5, 0.6) is 0 Å². The van der Waals surface area contributed by atoms with E-state index in [2.05, 4.69) is 26.0 Å². The maximum Gasteiger partial charge on any atom is 0.252 e. The van der Waals surface area contributed by atoms with Crippen LogP contribution in [-0.4, -0.2) is 27.4 Å². The van der Waals surface area contributed by atoms with Crippen LogP contribution in [0.25, 0.3) is 0 Å². The van der Waals surface area contributed by atoms with Crippen molar-refractivity contribution in [2.45, 2.75) is 18.7 Å². The number of nitrogens with one attached hydrogen (secondary N) is 2. The van der Waals surface area contributed by atoms with Gasteiger partial charge in [-0.15, -0.1) is 0 Å². The van der Waals surface area contributed by atoms with E-state index in [1.807, 2.05) is 19.9 Å². The molecule has 0 heterocycles. The van der Waals surface area contributed by atoms with Crippen LogP contribution in [0.4, 0.5) is 0 Å². The van der Waals surface area contributed by atoms with E-state index >= 15 is 0 Å². The van der Waals surface area contributed by atoms with Crippen LogP contribution in [-0.2, 0) is 10.0 Å². The molecule has 0 unspecified atom stereocenters. The predicted molar refractivity (Wildman–Crippen MR) is 97.6 cm³/mol. The second kappa shape index (κ2) is 7.92. The van der Waals surface area contributed by atoms with Crippen molar-refractivity contribution in [3.8, 4) is 0 Å². The Hall–Kier alpha value is -1.70. The molecule has 2 rings (SSSR count). The Bertz CT molecular complexity index is 851. The molecular formula is C17H19BrN2O3S. The van der Waals surface area contributed by atoms with E-state index in [4.69, 9.17) is 0 Å². The minimum atomic E-state index is -3.58. The lowest BCUT2D eigenvalue weighted by molar-refractivity contribution is 0.0953. The highest BCUT2D eigenvalue weighted by atomic mass is 79.9. The van der Waals surface area contributed by atoms with E-state index in [-0.39, 0.29) is 23.9 Å². The molecule has 0 aliphatic rings. The summed E-state index contributed by atoms with van der Waals surface area (Å²) >= 11 is 3.31. The first kappa shape index (κ1) is 18.6.